The van der Waals surface area contributed by atoms with Crippen LogP contribution < -0.4 is 0 Å². The fourth-order valence-corrected chi connectivity index (χ4v) is 3.64. The highest BCUT2D eigenvalue weighted by atomic mass is 31.2. The fourth-order valence-electron chi connectivity index (χ4n) is 1.31. The molecule has 0 saturated heterocycles. The van der Waals surface area contributed by atoms with Gasteiger partial charge < -0.3 is 24.7 Å². The molecule has 0 amide bonds. The quantitative estimate of drug-likeness (QED) is 0.291. The van der Waals surface area contributed by atoms with E-state index in [1.54, 1.807) is 0 Å². The fraction of sp³-hybridized carbons (Fsp3) is 0.143. The van der Waals surface area contributed by atoms with Crippen molar-refractivity contribution in [1.82, 2.24) is 0 Å². The van der Waals surface area contributed by atoms with E-state index in [1.165, 1.54) is 0 Å². The molecule has 0 atom stereocenters. The van der Waals surface area contributed by atoms with Gasteiger partial charge >= 0.3 is 15.2 Å². The second-order valence-electron chi connectivity index (χ2n) is 3.53. The van der Waals surface area contributed by atoms with Crippen molar-refractivity contribution in [2.75, 3.05) is 0 Å². The lowest BCUT2D eigenvalue weighted by Gasteiger charge is -2.29. The van der Waals surface area contributed by atoms with Crippen molar-refractivity contribution in [3.8, 4) is 0 Å². The molecule has 19 heavy (non-hydrogen) atoms. The Hall–Kier alpha value is -1.12. The molecular weight excluding hydrogens is 304 g/mol. The standard InChI is InChI=1S/C7H9NO9P2/c9-7(18(12,13)14,19(15,16)17)5-1-3-6(4-2-5)8(10)11/h1-4,9H,(H2,12,13,14)(H2,15,16,17). The van der Waals surface area contributed by atoms with E-state index in [4.69, 9.17) is 19.6 Å². The van der Waals surface area contributed by atoms with Crippen molar-refractivity contribution in [1.29, 1.82) is 0 Å². The maximum absolute atomic E-state index is 11.1. The molecule has 0 fully saturated rings. The Labute approximate surface area is 105 Å². The first-order chi connectivity index (χ1) is 8.41. The Morgan fingerprint density at radius 3 is 1.63 bits per heavy atom. The summed E-state index contributed by atoms with van der Waals surface area (Å²) in [5, 5.41) is 16.3. The van der Waals surface area contributed by atoms with Crippen LogP contribution >= 0.6 is 15.2 Å². The van der Waals surface area contributed by atoms with Gasteiger partial charge in [-0.1, -0.05) is 0 Å². The van der Waals surface area contributed by atoms with E-state index >= 15 is 0 Å². The molecule has 5 N–H and O–H groups in total. The predicted molar refractivity (Wildman–Crippen MR) is 61.1 cm³/mol. The number of nitro benzene ring substituents is 1. The summed E-state index contributed by atoms with van der Waals surface area (Å²) < 4.78 is 22.3. The monoisotopic (exact) mass is 313 g/mol. The summed E-state index contributed by atoms with van der Waals surface area (Å²) >= 11 is 0. The van der Waals surface area contributed by atoms with Crippen LogP contribution in [-0.4, -0.2) is 29.6 Å². The molecule has 1 aromatic carbocycles. The molecule has 0 bridgehead atoms. The van der Waals surface area contributed by atoms with Crippen LogP contribution in [0.4, 0.5) is 5.69 Å². The van der Waals surface area contributed by atoms with Gasteiger partial charge in [0, 0.05) is 17.7 Å². The van der Waals surface area contributed by atoms with Crippen molar-refractivity contribution in [2.24, 2.45) is 0 Å². The summed E-state index contributed by atoms with van der Waals surface area (Å²) in [5.74, 6) is 0. The van der Waals surface area contributed by atoms with Crippen molar-refractivity contribution in [3.05, 3.63) is 39.9 Å². The molecular formula is C7H9NO9P2. The summed E-state index contributed by atoms with van der Waals surface area (Å²) in [4.78, 5) is 45.3. The van der Waals surface area contributed by atoms with Crippen LogP contribution in [0.15, 0.2) is 24.3 Å². The predicted octanol–water partition coefficient (Wildman–Crippen LogP) is 0.0528. The van der Waals surface area contributed by atoms with Crippen LogP contribution in [0.5, 0.6) is 0 Å². The third kappa shape index (κ3) is 2.75. The van der Waals surface area contributed by atoms with Gasteiger partial charge in [0.2, 0.25) is 0 Å². The molecule has 0 aliphatic rings. The largest absolute Gasteiger partial charge is 0.374 e. The Kier molecular flexibility index (Phi) is 4.00. The van der Waals surface area contributed by atoms with Gasteiger partial charge in [0.05, 0.1) is 4.92 Å². The number of benzene rings is 1. The smallest absolute Gasteiger partial charge is 0.364 e. The Balaban J connectivity index is 3.49. The molecule has 0 saturated carbocycles. The summed E-state index contributed by atoms with van der Waals surface area (Å²) in [5.41, 5.74) is -1.29. The average Bonchev–Trinajstić information content (AvgIpc) is 2.25. The molecule has 0 radical (unpaired) electrons. The van der Waals surface area contributed by atoms with Crippen LogP contribution in [0.2, 0.25) is 0 Å². The third-order valence-electron chi connectivity index (χ3n) is 2.28. The minimum atomic E-state index is -5.65. The number of non-ortho nitro benzene ring substituents is 1. The first-order valence-electron chi connectivity index (χ1n) is 4.50. The molecule has 106 valence electrons. The van der Waals surface area contributed by atoms with Gasteiger partial charge in [-0.2, -0.15) is 0 Å². The van der Waals surface area contributed by atoms with Gasteiger partial charge in [-0.15, -0.1) is 0 Å². The molecule has 0 aliphatic heterocycles. The Morgan fingerprint density at radius 1 is 1.00 bits per heavy atom. The number of hydrogen-bond donors (Lipinski definition) is 5. The molecule has 1 aromatic rings. The van der Waals surface area contributed by atoms with Gasteiger partial charge in [0.1, 0.15) is 0 Å². The second kappa shape index (κ2) is 4.77. The molecule has 12 heteroatoms. The van der Waals surface area contributed by atoms with Gasteiger partial charge in [0.15, 0.2) is 0 Å². The molecule has 0 spiro atoms. The molecule has 0 aromatic heterocycles. The average molecular weight is 313 g/mol. The van der Waals surface area contributed by atoms with Crippen molar-refractivity contribution < 1.29 is 38.7 Å². The van der Waals surface area contributed by atoms with E-state index in [9.17, 15) is 24.4 Å². The van der Waals surface area contributed by atoms with Gasteiger partial charge in [-0.25, -0.2) is 0 Å². The zero-order valence-corrected chi connectivity index (χ0v) is 10.8. The highest BCUT2D eigenvalue weighted by molar-refractivity contribution is 7.71. The van der Waals surface area contributed by atoms with E-state index in [0.29, 0.717) is 12.1 Å². The SMILES string of the molecule is O=[N+]([O-])c1ccc(C(O)(P(=O)(O)O)P(=O)(O)O)cc1. The van der Waals surface area contributed by atoms with Crippen molar-refractivity contribution >= 4 is 20.9 Å². The highest BCUT2D eigenvalue weighted by Crippen LogP contribution is 2.72. The number of rotatable bonds is 4. The summed E-state index contributed by atoms with van der Waals surface area (Å²) in [6.07, 6.45) is 0. The summed E-state index contributed by atoms with van der Waals surface area (Å²) in [6, 6.07) is 2.84. The summed E-state index contributed by atoms with van der Waals surface area (Å²) in [7, 11) is -11.3. The van der Waals surface area contributed by atoms with Crippen LogP contribution in [-0.2, 0) is 14.2 Å². The first-order valence-corrected chi connectivity index (χ1v) is 7.72. The number of nitro groups is 1. The maximum atomic E-state index is 11.1. The zero-order chi connectivity index (χ0) is 15.1. The lowest BCUT2D eigenvalue weighted by Crippen LogP contribution is -2.25. The second-order valence-corrected chi connectivity index (χ2v) is 7.35. The minimum absolute atomic E-state index is 0.470. The zero-order valence-electron chi connectivity index (χ0n) is 9.02. The van der Waals surface area contributed by atoms with E-state index in [2.05, 4.69) is 0 Å². The van der Waals surface area contributed by atoms with Gasteiger partial charge in [-0.3, -0.25) is 19.2 Å². The minimum Gasteiger partial charge on any atom is -0.364 e. The molecule has 0 unspecified atom stereocenters. The first kappa shape index (κ1) is 15.9. The molecule has 0 heterocycles. The van der Waals surface area contributed by atoms with E-state index in [1.807, 2.05) is 0 Å². The van der Waals surface area contributed by atoms with Crippen molar-refractivity contribution in [3.63, 3.8) is 0 Å². The third-order valence-corrected chi connectivity index (χ3v) is 5.98. The van der Waals surface area contributed by atoms with Crippen LogP contribution in [0.1, 0.15) is 5.56 Å². The molecule has 0 aliphatic carbocycles. The highest BCUT2D eigenvalue weighted by Gasteiger charge is 2.60. The Bertz CT molecular complexity index is 563. The lowest BCUT2D eigenvalue weighted by molar-refractivity contribution is -0.384. The van der Waals surface area contributed by atoms with E-state index in [-0.39, 0.29) is 0 Å². The summed E-state index contributed by atoms with van der Waals surface area (Å²) in [6.45, 7) is 0. The normalized spacial score (nSPS) is 13.3. The molecule has 10 nitrogen and oxygen atoms in total. The maximum Gasteiger partial charge on any atom is 0.374 e. The van der Waals surface area contributed by atoms with E-state index < -0.39 is 36.4 Å². The van der Waals surface area contributed by atoms with Crippen LogP contribution in [0.3, 0.4) is 0 Å². The number of aliphatic hydroxyl groups is 1. The number of nitrogens with zero attached hydrogens (tertiary/aromatic N) is 1. The topological polar surface area (TPSA) is 178 Å². The molecule has 1 rings (SSSR count). The Morgan fingerprint density at radius 2 is 1.37 bits per heavy atom. The number of hydrogen-bond acceptors (Lipinski definition) is 5. The van der Waals surface area contributed by atoms with Crippen LogP contribution in [0.25, 0.3) is 0 Å². The van der Waals surface area contributed by atoms with Crippen LogP contribution in [0, 0.1) is 10.1 Å². The lowest BCUT2D eigenvalue weighted by atomic mass is 10.2. The van der Waals surface area contributed by atoms with Crippen molar-refractivity contribution in [2.45, 2.75) is 5.08 Å². The van der Waals surface area contributed by atoms with Gasteiger partial charge in [0.25, 0.3) is 10.8 Å². The van der Waals surface area contributed by atoms with E-state index in [0.717, 1.165) is 12.1 Å². The van der Waals surface area contributed by atoms with Gasteiger partial charge in [-0.05, 0) is 12.1 Å².